The van der Waals surface area contributed by atoms with Crippen LogP contribution in [0.1, 0.15) is 50.7 Å². The van der Waals surface area contributed by atoms with Gasteiger partial charge in [-0.05, 0) is 25.3 Å². The standard InChI is InChI=1S/C18H25N3OS2/c1-4-6-10-15(5-2)16(22)19-17-20-21-18(24-17)23-12-14-9-7-8-13(3)11-14/h7-9,11,15H,4-6,10,12H2,1-3H3,(H,19,20,22). The molecule has 1 atom stereocenters. The first-order chi connectivity index (χ1) is 11.6. The summed E-state index contributed by atoms with van der Waals surface area (Å²) in [5, 5.41) is 11.8. The number of nitrogens with zero attached hydrogens (tertiary/aromatic N) is 2. The normalized spacial score (nSPS) is 12.1. The quantitative estimate of drug-likeness (QED) is 0.485. The van der Waals surface area contributed by atoms with Crippen molar-refractivity contribution in [3.05, 3.63) is 35.4 Å². The maximum absolute atomic E-state index is 12.3. The van der Waals surface area contributed by atoms with Gasteiger partial charge in [-0.2, -0.15) is 0 Å². The maximum atomic E-state index is 12.3. The Morgan fingerprint density at radius 2 is 2.17 bits per heavy atom. The van der Waals surface area contributed by atoms with Crippen molar-refractivity contribution in [1.29, 1.82) is 0 Å². The van der Waals surface area contributed by atoms with E-state index in [0.29, 0.717) is 5.13 Å². The average Bonchev–Trinajstić information content (AvgIpc) is 3.01. The highest BCUT2D eigenvalue weighted by Gasteiger charge is 2.17. The molecular formula is C18H25N3OS2. The molecule has 0 saturated heterocycles. The van der Waals surface area contributed by atoms with Gasteiger partial charge < -0.3 is 5.32 Å². The van der Waals surface area contributed by atoms with Crippen molar-refractivity contribution in [1.82, 2.24) is 10.2 Å². The van der Waals surface area contributed by atoms with E-state index in [9.17, 15) is 4.79 Å². The third-order valence-electron chi connectivity index (χ3n) is 3.85. The fourth-order valence-electron chi connectivity index (χ4n) is 2.44. The number of aromatic nitrogens is 2. The Balaban J connectivity index is 1.87. The number of thioether (sulfide) groups is 1. The van der Waals surface area contributed by atoms with Gasteiger partial charge in [-0.3, -0.25) is 4.79 Å². The van der Waals surface area contributed by atoms with E-state index in [1.165, 1.54) is 22.5 Å². The molecule has 1 aromatic heterocycles. The summed E-state index contributed by atoms with van der Waals surface area (Å²) < 4.78 is 0.883. The smallest absolute Gasteiger partial charge is 0.229 e. The highest BCUT2D eigenvalue weighted by atomic mass is 32.2. The Morgan fingerprint density at radius 1 is 1.33 bits per heavy atom. The third-order valence-corrected chi connectivity index (χ3v) is 5.89. The highest BCUT2D eigenvalue weighted by molar-refractivity contribution is 8.00. The zero-order valence-corrected chi connectivity index (χ0v) is 16.2. The Morgan fingerprint density at radius 3 is 2.88 bits per heavy atom. The molecule has 1 aromatic carbocycles. The molecule has 1 heterocycles. The number of nitrogens with one attached hydrogen (secondary N) is 1. The lowest BCUT2D eigenvalue weighted by molar-refractivity contribution is -0.120. The minimum atomic E-state index is 0.0669. The first-order valence-corrected chi connectivity index (χ1v) is 10.2. The van der Waals surface area contributed by atoms with Gasteiger partial charge in [-0.15, -0.1) is 10.2 Å². The van der Waals surface area contributed by atoms with Crippen LogP contribution in [-0.4, -0.2) is 16.1 Å². The summed E-state index contributed by atoms with van der Waals surface area (Å²) in [7, 11) is 0. The van der Waals surface area contributed by atoms with E-state index in [1.807, 2.05) is 0 Å². The van der Waals surface area contributed by atoms with Crippen molar-refractivity contribution >= 4 is 34.1 Å². The van der Waals surface area contributed by atoms with Gasteiger partial charge in [0.2, 0.25) is 11.0 Å². The second-order valence-electron chi connectivity index (χ2n) is 5.89. The number of anilines is 1. The predicted molar refractivity (Wildman–Crippen MR) is 103 cm³/mol. The van der Waals surface area contributed by atoms with Crippen LogP contribution >= 0.6 is 23.1 Å². The van der Waals surface area contributed by atoms with E-state index >= 15 is 0 Å². The van der Waals surface area contributed by atoms with Crippen molar-refractivity contribution in [2.75, 3.05) is 5.32 Å². The van der Waals surface area contributed by atoms with Crippen molar-refractivity contribution in [3.63, 3.8) is 0 Å². The molecule has 0 saturated carbocycles. The average molecular weight is 364 g/mol. The van der Waals surface area contributed by atoms with E-state index in [0.717, 1.165) is 35.8 Å². The lowest BCUT2D eigenvalue weighted by Gasteiger charge is -2.12. The van der Waals surface area contributed by atoms with Crippen LogP contribution in [0.2, 0.25) is 0 Å². The molecule has 0 aliphatic heterocycles. The summed E-state index contributed by atoms with van der Waals surface area (Å²) in [6, 6.07) is 8.45. The van der Waals surface area contributed by atoms with E-state index < -0.39 is 0 Å². The molecule has 4 nitrogen and oxygen atoms in total. The summed E-state index contributed by atoms with van der Waals surface area (Å²) in [6.45, 7) is 6.30. The summed E-state index contributed by atoms with van der Waals surface area (Å²) in [6.07, 6.45) is 3.99. The lowest BCUT2D eigenvalue weighted by atomic mass is 9.99. The molecule has 2 rings (SSSR count). The number of unbranched alkanes of at least 4 members (excludes halogenated alkanes) is 1. The number of rotatable bonds is 9. The van der Waals surface area contributed by atoms with Crippen LogP contribution in [0.4, 0.5) is 5.13 Å². The molecule has 6 heteroatoms. The number of hydrogen-bond donors (Lipinski definition) is 1. The molecule has 1 N–H and O–H groups in total. The Kier molecular flexibility index (Phi) is 7.72. The molecular weight excluding hydrogens is 338 g/mol. The Labute approximate surface area is 152 Å². The highest BCUT2D eigenvalue weighted by Crippen LogP contribution is 2.29. The minimum Gasteiger partial charge on any atom is -0.300 e. The number of benzene rings is 1. The number of carbonyl (C=O) groups is 1. The van der Waals surface area contributed by atoms with Crippen LogP contribution in [0, 0.1) is 12.8 Å². The Hall–Kier alpha value is -1.40. The lowest BCUT2D eigenvalue weighted by Crippen LogP contribution is -2.22. The summed E-state index contributed by atoms with van der Waals surface area (Å²) >= 11 is 3.10. The van der Waals surface area contributed by atoms with Crippen LogP contribution in [-0.2, 0) is 10.5 Å². The molecule has 0 radical (unpaired) electrons. The number of aryl methyl sites for hydroxylation is 1. The SMILES string of the molecule is CCCCC(CC)C(=O)Nc1nnc(SCc2cccc(C)c2)s1. The molecule has 2 aromatic rings. The summed E-state index contributed by atoms with van der Waals surface area (Å²) in [5.41, 5.74) is 2.53. The number of amides is 1. The maximum Gasteiger partial charge on any atom is 0.229 e. The van der Waals surface area contributed by atoms with Crippen LogP contribution in [0.3, 0.4) is 0 Å². The van der Waals surface area contributed by atoms with Gasteiger partial charge in [-0.1, -0.05) is 79.6 Å². The van der Waals surface area contributed by atoms with Gasteiger partial charge in [-0.25, -0.2) is 0 Å². The van der Waals surface area contributed by atoms with Crippen LogP contribution < -0.4 is 5.32 Å². The minimum absolute atomic E-state index is 0.0669. The van der Waals surface area contributed by atoms with Gasteiger partial charge in [0.25, 0.3) is 0 Å². The van der Waals surface area contributed by atoms with Crippen LogP contribution in [0.15, 0.2) is 28.6 Å². The van der Waals surface area contributed by atoms with Crippen molar-refractivity contribution in [2.45, 2.75) is 56.5 Å². The molecule has 0 bridgehead atoms. The summed E-state index contributed by atoms with van der Waals surface area (Å²) in [5.74, 6) is 0.993. The van der Waals surface area contributed by atoms with Gasteiger partial charge in [0, 0.05) is 11.7 Å². The van der Waals surface area contributed by atoms with E-state index in [1.54, 1.807) is 11.8 Å². The van der Waals surface area contributed by atoms with E-state index in [-0.39, 0.29) is 11.8 Å². The van der Waals surface area contributed by atoms with E-state index in [4.69, 9.17) is 0 Å². The van der Waals surface area contributed by atoms with E-state index in [2.05, 4.69) is 60.6 Å². The molecule has 130 valence electrons. The molecule has 1 amide bonds. The first kappa shape index (κ1) is 18.9. The predicted octanol–water partition coefficient (Wildman–Crippen LogP) is 5.29. The zero-order chi connectivity index (χ0) is 17.4. The number of hydrogen-bond acceptors (Lipinski definition) is 5. The van der Waals surface area contributed by atoms with Crippen molar-refractivity contribution < 1.29 is 4.79 Å². The second kappa shape index (κ2) is 9.79. The zero-order valence-electron chi connectivity index (χ0n) is 14.5. The summed E-state index contributed by atoms with van der Waals surface area (Å²) in [4.78, 5) is 12.3. The third kappa shape index (κ3) is 5.91. The number of carbonyl (C=O) groups excluding carboxylic acids is 1. The van der Waals surface area contributed by atoms with Crippen molar-refractivity contribution in [2.24, 2.45) is 5.92 Å². The van der Waals surface area contributed by atoms with Gasteiger partial charge in [0.1, 0.15) is 0 Å². The van der Waals surface area contributed by atoms with Gasteiger partial charge in [0.15, 0.2) is 4.34 Å². The molecule has 24 heavy (non-hydrogen) atoms. The van der Waals surface area contributed by atoms with Gasteiger partial charge >= 0.3 is 0 Å². The van der Waals surface area contributed by atoms with Gasteiger partial charge in [0.05, 0.1) is 0 Å². The first-order valence-electron chi connectivity index (χ1n) is 8.45. The molecule has 1 unspecified atom stereocenters. The topological polar surface area (TPSA) is 54.9 Å². The molecule has 0 aliphatic rings. The van der Waals surface area contributed by atoms with Crippen LogP contribution in [0.25, 0.3) is 0 Å². The monoisotopic (exact) mass is 363 g/mol. The van der Waals surface area contributed by atoms with Crippen molar-refractivity contribution in [3.8, 4) is 0 Å². The second-order valence-corrected chi connectivity index (χ2v) is 8.09. The Bertz CT molecular complexity index is 657. The molecule has 0 fully saturated rings. The molecule has 0 spiro atoms. The molecule has 0 aliphatic carbocycles. The largest absolute Gasteiger partial charge is 0.300 e. The van der Waals surface area contributed by atoms with Crippen LogP contribution in [0.5, 0.6) is 0 Å². The fourth-order valence-corrected chi connectivity index (χ4v) is 4.14. The fraction of sp³-hybridized carbons (Fsp3) is 0.500.